The van der Waals surface area contributed by atoms with Crippen LogP contribution in [0, 0.1) is 0 Å². The molecule has 0 bridgehead atoms. The van der Waals surface area contributed by atoms with E-state index in [-0.39, 0.29) is 5.91 Å². The minimum absolute atomic E-state index is 0.361. The molecule has 4 heteroatoms. The Labute approximate surface area is 143 Å². The quantitative estimate of drug-likeness (QED) is 0.920. The molecule has 24 heavy (non-hydrogen) atoms. The van der Waals surface area contributed by atoms with Crippen molar-refractivity contribution in [3.05, 3.63) is 65.7 Å². The van der Waals surface area contributed by atoms with Crippen molar-refractivity contribution in [2.24, 2.45) is 5.73 Å². The monoisotopic (exact) mass is 323 g/mol. The van der Waals surface area contributed by atoms with Crippen molar-refractivity contribution in [2.45, 2.75) is 25.4 Å². The van der Waals surface area contributed by atoms with E-state index in [2.05, 4.69) is 53.2 Å². The molecule has 1 heterocycles. The van der Waals surface area contributed by atoms with Gasteiger partial charge in [0.25, 0.3) is 0 Å². The molecule has 0 aromatic heterocycles. The highest BCUT2D eigenvalue weighted by Crippen LogP contribution is 2.22. The second-order valence-electron chi connectivity index (χ2n) is 6.52. The van der Waals surface area contributed by atoms with Crippen molar-refractivity contribution >= 4 is 11.6 Å². The zero-order valence-corrected chi connectivity index (χ0v) is 14.2. The van der Waals surface area contributed by atoms with Crippen molar-refractivity contribution < 1.29 is 4.79 Å². The minimum Gasteiger partial charge on any atom is -0.372 e. The summed E-state index contributed by atoms with van der Waals surface area (Å²) < 4.78 is 0. The predicted octanol–water partition coefficient (Wildman–Crippen LogP) is 2.89. The van der Waals surface area contributed by atoms with Gasteiger partial charge in [-0.15, -0.1) is 0 Å². The van der Waals surface area contributed by atoms with E-state index in [1.807, 2.05) is 12.1 Å². The van der Waals surface area contributed by atoms with Crippen LogP contribution in [-0.4, -0.2) is 37.0 Å². The Kier molecular flexibility index (Phi) is 5.16. The standard InChI is InChI=1S/C20H25N3O/c1-22(18-8-3-2-4-9-18)19-10-12-23(13-11-19)15-16-6-5-7-17(14-16)20(21)24/h2-9,14,19H,10-13,15H2,1H3,(H2,21,24). The van der Waals surface area contributed by atoms with Crippen LogP contribution in [-0.2, 0) is 6.54 Å². The molecule has 126 valence electrons. The fourth-order valence-corrected chi connectivity index (χ4v) is 3.42. The summed E-state index contributed by atoms with van der Waals surface area (Å²) in [5.41, 5.74) is 8.39. The van der Waals surface area contributed by atoms with Crippen molar-refractivity contribution in [1.82, 2.24) is 4.90 Å². The third kappa shape index (κ3) is 3.95. The first-order valence-electron chi connectivity index (χ1n) is 8.52. The maximum atomic E-state index is 11.3. The second-order valence-corrected chi connectivity index (χ2v) is 6.52. The van der Waals surface area contributed by atoms with E-state index < -0.39 is 0 Å². The fourth-order valence-electron chi connectivity index (χ4n) is 3.42. The Morgan fingerprint density at radius 1 is 1.12 bits per heavy atom. The van der Waals surface area contributed by atoms with E-state index in [1.54, 1.807) is 6.07 Å². The fraction of sp³-hybridized carbons (Fsp3) is 0.350. The number of nitrogens with zero attached hydrogens (tertiary/aromatic N) is 2. The van der Waals surface area contributed by atoms with E-state index in [0.717, 1.165) is 38.0 Å². The van der Waals surface area contributed by atoms with E-state index in [4.69, 9.17) is 5.73 Å². The predicted molar refractivity (Wildman–Crippen MR) is 98.1 cm³/mol. The number of carbonyl (C=O) groups excluding carboxylic acids is 1. The molecule has 3 rings (SSSR count). The van der Waals surface area contributed by atoms with Crippen LogP contribution in [0.15, 0.2) is 54.6 Å². The van der Waals surface area contributed by atoms with Crippen molar-refractivity contribution in [1.29, 1.82) is 0 Å². The van der Waals surface area contributed by atoms with Crippen LogP contribution in [0.3, 0.4) is 0 Å². The van der Waals surface area contributed by atoms with Crippen LogP contribution < -0.4 is 10.6 Å². The summed E-state index contributed by atoms with van der Waals surface area (Å²) in [6.07, 6.45) is 2.31. The Balaban J connectivity index is 1.55. The minimum atomic E-state index is -0.361. The molecule has 0 saturated carbocycles. The highest BCUT2D eigenvalue weighted by molar-refractivity contribution is 5.92. The molecule has 0 atom stereocenters. The Morgan fingerprint density at radius 2 is 1.83 bits per heavy atom. The number of amides is 1. The van der Waals surface area contributed by atoms with Crippen LogP contribution in [0.1, 0.15) is 28.8 Å². The van der Waals surface area contributed by atoms with Gasteiger partial charge in [0.2, 0.25) is 5.91 Å². The lowest BCUT2D eigenvalue weighted by Gasteiger charge is -2.38. The van der Waals surface area contributed by atoms with Gasteiger partial charge in [-0.05, 0) is 42.7 Å². The number of piperidine rings is 1. The highest BCUT2D eigenvalue weighted by Gasteiger charge is 2.22. The second kappa shape index (κ2) is 7.49. The summed E-state index contributed by atoms with van der Waals surface area (Å²) in [5.74, 6) is -0.361. The van der Waals surface area contributed by atoms with Gasteiger partial charge in [0.05, 0.1) is 0 Å². The van der Waals surface area contributed by atoms with Gasteiger partial charge in [0.15, 0.2) is 0 Å². The third-order valence-corrected chi connectivity index (χ3v) is 4.89. The molecular formula is C20H25N3O. The Hall–Kier alpha value is -2.33. The molecule has 2 aromatic carbocycles. The zero-order valence-electron chi connectivity index (χ0n) is 14.2. The van der Waals surface area contributed by atoms with Crippen LogP contribution in [0.2, 0.25) is 0 Å². The van der Waals surface area contributed by atoms with E-state index >= 15 is 0 Å². The molecule has 2 N–H and O–H groups in total. The van der Waals surface area contributed by atoms with Gasteiger partial charge in [0.1, 0.15) is 0 Å². The molecular weight excluding hydrogens is 298 g/mol. The smallest absolute Gasteiger partial charge is 0.248 e. The maximum absolute atomic E-state index is 11.3. The lowest BCUT2D eigenvalue weighted by Crippen LogP contribution is -2.43. The number of likely N-dealkylation sites (tertiary alicyclic amines) is 1. The SMILES string of the molecule is CN(c1ccccc1)C1CCN(Cc2cccc(C(N)=O)c2)CC1. The molecule has 1 aliphatic rings. The van der Waals surface area contributed by atoms with Gasteiger partial charge in [-0.25, -0.2) is 0 Å². The number of rotatable bonds is 5. The average Bonchev–Trinajstić information content (AvgIpc) is 2.63. The molecule has 0 spiro atoms. The van der Waals surface area contributed by atoms with Gasteiger partial charge in [-0.1, -0.05) is 30.3 Å². The maximum Gasteiger partial charge on any atom is 0.248 e. The summed E-state index contributed by atoms with van der Waals surface area (Å²) in [6, 6.07) is 18.8. The van der Waals surface area contributed by atoms with Crippen LogP contribution >= 0.6 is 0 Å². The van der Waals surface area contributed by atoms with Crippen molar-refractivity contribution in [3.8, 4) is 0 Å². The van der Waals surface area contributed by atoms with E-state index in [0.29, 0.717) is 11.6 Å². The van der Waals surface area contributed by atoms with Gasteiger partial charge in [-0.2, -0.15) is 0 Å². The Morgan fingerprint density at radius 3 is 2.50 bits per heavy atom. The van der Waals surface area contributed by atoms with Crippen LogP contribution in [0.4, 0.5) is 5.69 Å². The lowest BCUT2D eigenvalue weighted by atomic mass is 10.0. The molecule has 1 aliphatic heterocycles. The summed E-state index contributed by atoms with van der Waals surface area (Å²) in [6.45, 7) is 3.02. The zero-order chi connectivity index (χ0) is 16.9. The number of para-hydroxylation sites is 1. The van der Waals surface area contributed by atoms with Gasteiger partial charge in [-0.3, -0.25) is 9.69 Å². The highest BCUT2D eigenvalue weighted by atomic mass is 16.1. The molecule has 0 unspecified atom stereocenters. The first kappa shape index (κ1) is 16.5. The number of primary amides is 1. The largest absolute Gasteiger partial charge is 0.372 e. The number of benzene rings is 2. The van der Waals surface area contributed by atoms with Gasteiger partial charge >= 0.3 is 0 Å². The number of carbonyl (C=O) groups is 1. The van der Waals surface area contributed by atoms with E-state index in [9.17, 15) is 4.79 Å². The summed E-state index contributed by atoms with van der Waals surface area (Å²) >= 11 is 0. The normalized spacial score (nSPS) is 16.0. The number of hydrogen-bond donors (Lipinski definition) is 1. The number of nitrogens with two attached hydrogens (primary N) is 1. The van der Waals surface area contributed by atoms with Crippen LogP contribution in [0.25, 0.3) is 0 Å². The summed E-state index contributed by atoms with van der Waals surface area (Å²) in [7, 11) is 2.19. The first-order valence-corrected chi connectivity index (χ1v) is 8.52. The van der Waals surface area contributed by atoms with Gasteiger partial charge in [0, 0.05) is 44.0 Å². The molecule has 1 saturated heterocycles. The third-order valence-electron chi connectivity index (χ3n) is 4.89. The average molecular weight is 323 g/mol. The molecule has 1 amide bonds. The molecule has 0 aliphatic carbocycles. The topological polar surface area (TPSA) is 49.6 Å². The van der Waals surface area contributed by atoms with Gasteiger partial charge < -0.3 is 10.6 Å². The summed E-state index contributed by atoms with van der Waals surface area (Å²) in [4.78, 5) is 16.1. The number of hydrogen-bond acceptors (Lipinski definition) is 3. The van der Waals surface area contributed by atoms with Crippen molar-refractivity contribution in [2.75, 3.05) is 25.0 Å². The summed E-state index contributed by atoms with van der Waals surface area (Å²) in [5, 5.41) is 0. The number of anilines is 1. The lowest BCUT2D eigenvalue weighted by molar-refractivity contribution is 0.1000. The molecule has 2 aromatic rings. The van der Waals surface area contributed by atoms with Crippen LogP contribution in [0.5, 0.6) is 0 Å². The molecule has 4 nitrogen and oxygen atoms in total. The first-order chi connectivity index (χ1) is 11.6. The Bertz CT molecular complexity index is 678. The molecule has 1 fully saturated rings. The molecule has 0 radical (unpaired) electrons. The van der Waals surface area contributed by atoms with Crippen molar-refractivity contribution in [3.63, 3.8) is 0 Å². The van der Waals surface area contributed by atoms with E-state index in [1.165, 1.54) is 5.69 Å².